The van der Waals surface area contributed by atoms with E-state index in [-0.39, 0.29) is 22.0 Å². The minimum absolute atomic E-state index is 0.0115. The van der Waals surface area contributed by atoms with Gasteiger partial charge in [0.05, 0.1) is 5.25 Å². The molecular formula is C16H22N2OS. The summed E-state index contributed by atoms with van der Waals surface area (Å²) < 4.78 is 0. The van der Waals surface area contributed by atoms with Crippen LogP contribution in [0.5, 0.6) is 0 Å². The van der Waals surface area contributed by atoms with Gasteiger partial charge in [0.15, 0.2) is 5.16 Å². The van der Waals surface area contributed by atoms with Crippen molar-refractivity contribution in [1.82, 2.24) is 9.97 Å². The van der Waals surface area contributed by atoms with Gasteiger partial charge in [-0.2, -0.15) is 0 Å². The van der Waals surface area contributed by atoms with E-state index < -0.39 is 0 Å². The molecule has 0 radical (unpaired) electrons. The summed E-state index contributed by atoms with van der Waals surface area (Å²) in [6.45, 7) is 10.7. The van der Waals surface area contributed by atoms with Gasteiger partial charge in [-0.05, 0) is 43.6 Å². The summed E-state index contributed by atoms with van der Waals surface area (Å²) in [7, 11) is 0. The smallest absolute Gasteiger partial charge is 0.188 e. The molecule has 2 aliphatic carbocycles. The summed E-state index contributed by atoms with van der Waals surface area (Å²) in [6, 6.07) is 1.97. The van der Waals surface area contributed by atoms with Crippen LogP contribution in [0.2, 0.25) is 0 Å². The maximum Gasteiger partial charge on any atom is 0.188 e. The number of rotatable bonds is 2. The van der Waals surface area contributed by atoms with Crippen molar-refractivity contribution in [2.24, 2.45) is 16.7 Å². The number of nitrogens with zero attached hydrogens (tertiary/aromatic N) is 2. The van der Waals surface area contributed by atoms with Crippen molar-refractivity contribution in [1.29, 1.82) is 0 Å². The fraction of sp³-hybridized carbons (Fsp3) is 0.688. The molecule has 0 spiro atoms. The van der Waals surface area contributed by atoms with E-state index in [1.165, 1.54) is 0 Å². The molecule has 2 fully saturated rings. The van der Waals surface area contributed by atoms with Crippen LogP contribution in [0.3, 0.4) is 0 Å². The molecule has 1 heterocycles. The number of carbonyl (C=O) groups excluding carboxylic acids is 1. The molecule has 2 bridgehead atoms. The molecule has 4 heteroatoms. The normalized spacial score (nSPS) is 34.8. The average molecular weight is 290 g/mol. The summed E-state index contributed by atoms with van der Waals surface area (Å²) in [4.78, 5) is 21.7. The van der Waals surface area contributed by atoms with Crippen LogP contribution >= 0.6 is 11.8 Å². The van der Waals surface area contributed by atoms with Gasteiger partial charge >= 0.3 is 0 Å². The summed E-state index contributed by atoms with van der Waals surface area (Å²) in [5, 5.41) is 0.767. The zero-order valence-corrected chi connectivity index (χ0v) is 13.7. The number of ketones is 1. The van der Waals surface area contributed by atoms with Crippen LogP contribution in [0, 0.1) is 30.6 Å². The van der Waals surface area contributed by atoms with E-state index in [0.29, 0.717) is 5.78 Å². The molecule has 3 nitrogen and oxygen atoms in total. The second kappa shape index (κ2) is 4.30. The maximum absolute atomic E-state index is 12.7. The number of hydrogen-bond donors (Lipinski definition) is 0. The number of aryl methyl sites for hydroxylation is 2. The molecular weight excluding hydrogens is 268 g/mol. The first kappa shape index (κ1) is 14.1. The molecule has 0 amide bonds. The lowest BCUT2D eigenvalue weighted by Crippen LogP contribution is -2.35. The Morgan fingerprint density at radius 2 is 1.80 bits per heavy atom. The van der Waals surface area contributed by atoms with Gasteiger partial charge in [0, 0.05) is 17.3 Å². The Balaban J connectivity index is 1.94. The number of carbonyl (C=O) groups is 1. The number of fused-ring (bicyclic) bond motifs is 2. The van der Waals surface area contributed by atoms with E-state index in [1.807, 2.05) is 19.9 Å². The summed E-state index contributed by atoms with van der Waals surface area (Å²) in [5.41, 5.74) is 2.11. The Hall–Kier alpha value is -0.900. The van der Waals surface area contributed by atoms with Crippen LogP contribution < -0.4 is 0 Å². The molecule has 20 heavy (non-hydrogen) atoms. The first-order valence-electron chi connectivity index (χ1n) is 7.28. The first-order chi connectivity index (χ1) is 9.25. The highest BCUT2D eigenvalue weighted by Gasteiger charge is 2.66. The Kier molecular flexibility index (Phi) is 3.02. The SMILES string of the molecule is Cc1cc(C)nc(S[C@@H]2C(=O)[C@H]3CC[C@]2(C)C3(C)C)n1. The van der Waals surface area contributed by atoms with Gasteiger partial charge in [-0.1, -0.05) is 32.5 Å². The average Bonchev–Trinajstić information content (AvgIpc) is 2.62. The third-order valence-electron chi connectivity index (χ3n) is 5.66. The molecule has 108 valence electrons. The van der Waals surface area contributed by atoms with E-state index in [2.05, 4.69) is 30.7 Å². The van der Waals surface area contributed by atoms with E-state index in [9.17, 15) is 4.79 Å². The fourth-order valence-corrected chi connectivity index (χ4v) is 5.59. The fourth-order valence-electron chi connectivity index (χ4n) is 4.03. The lowest BCUT2D eigenvalue weighted by Gasteiger charge is -2.37. The van der Waals surface area contributed by atoms with Crippen molar-refractivity contribution in [2.45, 2.75) is 57.9 Å². The quantitative estimate of drug-likeness (QED) is 0.781. The van der Waals surface area contributed by atoms with Crippen LogP contribution in [-0.4, -0.2) is 21.0 Å². The van der Waals surface area contributed by atoms with Gasteiger partial charge in [-0.15, -0.1) is 0 Å². The van der Waals surface area contributed by atoms with Crippen LogP contribution in [0.15, 0.2) is 11.2 Å². The van der Waals surface area contributed by atoms with Crippen LogP contribution in [0.4, 0.5) is 0 Å². The minimum atomic E-state index is 0.0115. The predicted octanol–water partition coefficient (Wildman–Crippen LogP) is 3.58. The molecule has 1 aromatic rings. The Bertz CT molecular complexity index is 564. The van der Waals surface area contributed by atoms with Crippen molar-refractivity contribution >= 4 is 17.5 Å². The van der Waals surface area contributed by atoms with Crippen LogP contribution in [-0.2, 0) is 4.79 Å². The van der Waals surface area contributed by atoms with Gasteiger partial charge < -0.3 is 0 Å². The van der Waals surface area contributed by atoms with Crippen molar-refractivity contribution in [3.05, 3.63) is 17.5 Å². The molecule has 2 aliphatic rings. The molecule has 3 rings (SSSR count). The topological polar surface area (TPSA) is 42.9 Å². The number of aromatic nitrogens is 2. The van der Waals surface area contributed by atoms with E-state index >= 15 is 0 Å². The molecule has 1 aromatic heterocycles. The van der Waals surface area contributed by atoms with Gasteiger partial charge in [0.25, 0.3) is 0 Å². The highest BCUT2D eigenvalue weighted by Crippen LogP contribution is 2.67. The van der Waals surface area contributed by atoms with Gasteiger partial charge in [-0.3, -0.25) is 4.79 Å². The van der Waals surface area contributed by atoms with Gasteiger partial charge in [0.1, 0.15) is 5.78 Å². The largest absolute Gasteiger partial charge is 0.298 e. The van der Waals surface area contributed by atoms with Crippen LogP contribution in [0.1, 0.15) is 45.0 Å². The van der Waals surface area contributed by atoms with Crippen molar-refractivity contribution in [2.75, 3.05) is 0 Å². The second-order valence-electron chi connectivity index (χ2n) is 7.06. The second-order valence-corrected chi connectivity index (χ2v) is 8.14. The highest BCUT2D eigenvalue weighted by molar-refractivity contribution is 8.00. The van der Waals surface area contributed by atoms with Gasteiger partial charge in [0.2, 0.25) is 0 Å². The number of Topliss-reactive ketones (excluding diaryl/α,β-unsaturated/α-hetero) is 1. The Morgan fingerprint density at radius 3 is 2.30 bits per heavy atom. The van der Waals surface area contributed by atoms with Gasteiger partial charge in [-0.25, -0.2) is 9.97 Å². The Labute approximate surface area is 125 Å². The zero-order chi connectivity index (χ0) is 14.7. The molecule has 0 saturated heterocycles. The lowest BCUT2D eigenvalue weighted by atomic mass is 9.71. The molecule has 2 saturated carbocycles. The third kappa shape index (κ3) is 1.77. The third-order valence-corrected chi connectivity index (χ3v) is 7.04. The maximum atomic E-state index is 12.7. The van der Waals surface area contributed by atoms with Crippen molar-refractivity contribution < 1.29 is 4.79 Å². The van der Waals surface area contributed by atoms with E-state index in [4.69, 9.17) is 0 Å². The summed E-state index contributed by atoms with van der Waals surface area (Å²) >= 11 is 1.58. The zero-order valence-electron chi connectivity index (χ0n) is 12.9. The summed E-state index contributed by atoms with van der Waals surface area (Å²) in [6.07, 6.45) is 2.19. The summed E-state index contributed by atoms with van der Waals surface area (Å²) in [5.74, 6) is 0.632. The highest BCUT2D eigenvalue weighted by atomic mass is 32.2. The predicted molar refractivity (Wildman–Crippen MR) is 80.8 cm³/mol. The van der Waals surface area contributed by atoms with Crippen molar-refractivity contribution in [3.63, 3.8) is 0 Å². The van der Waals surface area contributed by atoms with Crippen LogP contribution in [0.25, 0.3) is 0 Å². The molecule has 0 N–H and O–H groups in total. The first-order valence-corrected chi connectivity index (χ1v) is 8.16. The molecule has 0 aromatic carbocycles. The number of hydrogen-bond acceptors (Lipinski definition) is 4. The van der Waals surface area contributed by atoms with E-state index in [1.54, 1.807) is 11.8 Å². The lowest BCUT2D eigenvalue weighted by molar-refractivity contribution is -0.122. The number of thioether (sulfide) groups is 1. The molecule has 0 unspecified atom stereocenters. The van der Waals surface area contributed by atoms with Crippen molar-refractivity contribution in [3.8, 4) is 0 Å². The Morgan fingerprint density at radius 1 is 1.20 bits per heavy atom. The van der Waals surface area contributed by atoms with E-state index in [0.717, 1.165) is 29.4 Å². The molecule has 0 aliphatic heterocycles. The molecule has 3 atom stereocenters. The monoisotopic (exact) mass is 290 g/mol. The minimum Gasteiger partial charge on any atom is -0.298 e. The standard InChI is InChI=1S/C16H22N2OS/c1-9-8-10(2)18-14(17-9)20-13-12(19)11-6-7-16(13,5)15(11,3)4/h8,11,13H,6-7H2,1-5H3/t11-,13-,16+/m1/s1.